The molecule has 0 radical (unpaired) electrons. The molecule has 2 aromatic carbocycles. The maximum atomic E-state index is 12.6. The molecular weight excluding hydrogens is 398 g/mol. The smallest absolute Gasteiger partial charge is 0.276 e. The minimum atomic E-state index is -0.0970. The predicted octanol–water partition coefficient (Wildman–Crippen LogP) is 3.74. The standard InChI is InChI=1S/C23H23N3O3S/c1-16-26(11-12-30-16)23(28)20-15-29-22(25-20)19-9-7-18(8-10-19)14-24-21(27)13-17-5-3-2-4-6-17/h2-10,15-16H,11-14H2,1H3,(H,24,27). The zero-order chi connectivity index (χ0) is 20.9. The average Bonchev–Trinajstić information content (AvgIpc) is 3.42. The van der Waals surface area contributed by atoms with E-state index in [9.17, 15) is 9.59 Å². The van der Waals surface area contributed by atoms with Crippen LogP contribution < -0.4 is 5.32 Å². The van der Waals surface area contributed by atoms with Crippen molar-refractivity contribution in [1.82, 2.24) is 15.2 Å². The van der Waals surface area contributed by atoms with E-state index in [1.165, 1.54) is 6.26 Å². The number of aromatic nitrogens is 1. The number of amides is 2. The quantitative estimate of drug-likeness (QED) is 0.656. The molecule has 1 unspecified atom stereocenters. The molecule has 1 atom stereocenters. The van der Waals surface area contributed by atoms with Crippen LogP contribution in [0.2, 0.25) is 0 Å². The Bertz CT molecular complexity index is 1020. The molecule has 4 rings (SSSR count). The van der Waals surface area contributed by atoms with Crippen molar-refractivity contribution in [2.75, 3.05) is 12.3 Å². The summed E-state index contributed by atoms with van der Waals surface area (Å²) in [7, 11) is 0. The van der Waals surface area contributed by atoms with E-state index >= 15 is 0 Å². The average molecular weight is 422 g/mol. The third-order valence-corrected chi connectivity index (χ3v) is 6.17. The van der Waals surface area contributed by atoms with E-state index in [2.05, 4.69) is 10.3 Å². The first-order valence-electron chi connectivity index (χ1n) is 9.88. The summed E-state index contributed by atoms with van der Waals surface area (Å²) in [5.74, 6) is 1.24. The van der Waals surface area contributed by atoms with Gasteiger partial charge in [0.25, 0.3) is 5.91 Å². The van der Waals surface area contributed by atoms with Crippen molar-refractivity contribution in [2.24, 2.45) is 0 Å². The molecule has 1 fully saturated rings. The third kappa shape index (κ3) is 4.74. The van der Waals surface area contributed by atoms with Crippen LogP contribution in [0.15, 0.2) is 65.3 Å². The Labute approximate surface area is 179 Å². The molecule has 0 bridgehead atoms. The Morgan fingerprint density at radius 1 is 1.13 bits per heavy atom. The summed E-state index contributed by atoms with van der Waals surface area (Å²) < 4.78 is 5.54. The zero-order valence-electron chi connectivity index (χ0n) is 16.7. The Balaban J connectivity index is 1.34. The monoisotopic (exact) mass is 421 g/mol. The molecule has 0 spiro atoms. The molecule has 1 saturated heterocycles. The molecule has 1 aliphatic heterocycles. The zero-order valence-corrected chi connectivity index (χ0v) is 17.5. The van der Waals surface area contributed by atoms with Crippen molar-refractivity contribution in [2.45, 2.75) is 25.3 Å². The van der Waals surface area contributed by atoms with Gasteiger partial charge in [-0.15, -0.1) is 11.8 Å². The fraction of sp³-hybridized carbons (Fsp3) is 0.261. The highest BCUT2D eigenvalue weighted by atomic mass is 32.2. The first-order valence-corrected chi connectivity index (χ1v) is 10.9. The van der Waals surface area contributed by atoms with Crippen LogP contribution in [0.4, 0.5) is 0 Å². The first kappa shape index (κ1) is 20.2. The van der Waals surface area contributed by atoms with Crippen LogP contribution in [0.5, 0.6) is 0 Å². The number of rotatable bonds is 6. The van der Waals surface area contributed by atoms with Gasteiger partial charge in [-0.3, -0.25) is 9.59 Å². The largest absolute Gasteiger partial charge is 0.444 e. The van der Waals surface area contributed by atoms with Crippen LogP contribution in [-0.4, -0.2) is 39.4 Å². The number of benzene rings is 2. The molecule has 0 aliphatic carbocycles. The topological polar surface area (TPSA) is 75.4 Å². The third-order valence-electron chi connectivity index (χ3n) is 5.01. The fourth-order valence-electron chi connectivity index (χ4n) is 3.32. The van der Waals surface area contributed by atoms with Gasteiger partial charge in [0.05, 0.1) is 11.8 Å². The van der Waals surface area contributed by atoms with Crippen LogP contribution in [-0.2, 0) is 17.8 Å². The Morgan fingerprint density at radius 3 is 2.60 bits per heavy atom. The molecule has 1 aromatic heterocycles. The van der Waals surface area contributed by atoms with E-state index < -0.39 is 0 Å². The Morgan fingerprint density at radius 2 is 1.90 bits per heavy atom. The Hall–Kier alpha value is -3.06. The van der Waals surface area contributed by atoms with Crippen LogP contribution in [0.25, 0.3) is 11.5 Å². The van der Waals surface area contributed by atoms with Crippen LogP contribution in [0.1, 0.15) is 28.5 Å². The number of thioether (sulfide) groups is 1. The van der Waals surface area contributed by atoms with Gasteiger partial charge in [-0.05, 0) is 30.2 Å². The van der Waals surface area contributed by atoms with E-state index in [0.717, 1.165) is 29.0 Å². The lowest BCUT2D eigenvalue weighted by molar-refractivity contribution is -0.120. The van der Waals surface area contributed by atoms with Crippen molar-refractivity contribution in [1.29, 1.82) is 0 Å². The molecule has 6 nitrogen and oxygen atoms in total. The number of hydrogen-bond acceptors (Lipinski definition) is 5. The molecule has 2 heterocycles. The lowest BCUT2D eigenvalue weighted by Gasteiger charge is -2.18. The first-order chi connectivity index (χ1) is 14.6. The SMILES string of the molecule is CC1SCCN1C(=O)c1coc(-c2ccc(CNC(=O)Cc3ccccc3)cc2)n1. The summed E-state index contributed by atoms with van der Waals surface area (Å²) in [5.41, 5.74) is 3.08. The number of oxazole rings is 1. The molecule has 30 heavy (non-hydrogen) atoms. The summed E-state index contributed by atoms with van der Waals surface area (Å²) in [6.45, 7) is 3.21. The second kappa shape index (κ2) is 9.17. The van der Waals surface area contributed by atoms with Gasteiger partial charge in [0.1, 0.15) is 6.26 Å². The van der Waals surface area contributed by atoms with E-state index in [4.69, 9.17) is 4.42 Å². The van der Waals surface area contributed by atoms with E-state index in [-0.39, 0.29) is 17.2 Å². The fourth-order valence-corrected chi connectivity index (χ4v) is 4.35. The second-order valence-electron chi connectivity index (χ2n) is 7.14. The van der Waals surface area contributed by atoms with Crippen LogP contribution >= 0.6 is 11.8 Å². The van der Waals surface area contributed by atoms with Crippen molar-refractivity contribution in [3.05, 3.63) is 77.7 Å². The van der Waals surface area contributed by atoms with Crippen molar-refractivity contribution in [3.8, 4) is 11.5 Å². The minimum Gasteiger partial charge on any atom is -0.444 e. The molecule has 154 valence electrons. The van der Waals surface area contributed by atoms with Crippen molar-refractivity contribution in [3.63, 3.8) is 0 Å². The molecule has 7 heteroatoms. The molecule has 1 aliphatic rings. The van der Waals surface area contributed by atoms with Gasteiger partial charge in [-0.2, -0.15) is 0 Å². The molecular formula is C23H23N3O3S. The van der Waals surface area contributed by atoms with Gasteiger partial charge >= 0.3 is 0 Å². The van der Waals surface area contributed by atoms with Gasteiger partial charge in [-0.1, -0.05) is 42.5 Å². The van der Waals surface area contributed by atoms with Crippen molar-refractivity contribution >= 4 is 23.6 Å². The number of carbonyl (C=O) groups is 2. The van der Waals surface area contributed by atoms with Gasteiger partial charge in [0.2, 0.25) is 11.8 Å². The second-order valence-corrected chi connectivity index (χ2v) is 8.57. The summed E-state index contributed by atoms with van der Waals surface area (Å²) >= 11 is 1.76. The highest BCUT2D eigenvalue weighted by Crippen LogP contribution is 2.26. The maximum Gasteiger partial charge on any atom is 0.276 e. The molecule has 0 saturated carbocycles. The molecule has 3 aromatic rings. The number of carbonyl (C=O) groups excluding carboxylic acids is 2. The number of hydrogen-bond donors (Lipinski definition) is 1. The van der Waals surface area contributed by atoms with Gasteiger partial charge in [0, 0.05) is 24.4 Å². The van der Waals surface area contributed by atoms with Gasteiger partial charge in [0.15, 0.2) is 5.69 Å². The van der Waals surface area contributed by atoms with E-state index in [0.29, 0.717) is 24.6 Å². The predicted molar refractivity (Wildman–Crippen MR) is 117 cm³/mol. The number of nitrogens with one attached hydrogen (secondary N) is 1. The lowest BCUT2D eigenvalue weighted by atomic mass is 10.1. The van der Waals surface area contributed by atoms with E-state index in [1.54, 1.807) is 11.8 Å². The minimum absolute atomic E-state index is 0.0181. The van der Waals surface area contributed by atoms with Crippen LogP contribution in [0.3, 0.4) is 0 Å². The highest BCUT2D eigenvalue weighted by molar-refractivity contribution is 8.00. The maximum absolute atomic E-state index is 12.6. The van der Waals surface area contributed by atoms with E-state index in [1.807, 2.05) is 66.4 Å². The summed E-state index contributed by atoms with van der Waals surface area (Å²) in [6, 6.07) is 17.3. The highest BCUT2D eigenvalue weighted by Gasteiger charge is 2.28. The molecule has 1 N–H and O–H groups in total. The normalized spacial score (nSPS) is 15.9. The van der Waals surface area contributed by atoms with Gasteiger partial charge < -0.3 is 14.6 Å². The summed E-state index contributed by atoms with van der Waals surface area (Å²) in [6.07, 6.45) is 1.78. The van der Waals surface area contributed by atoms with Crippen LogP contribution in [0, 0.1) is 0 Å². The summed E-state index contributed by atoms with van der Waals surface area (Å²) in [4.78, 5) is 30.9. The number of nitrogens with zero attached hydrogens (tertiary/aromatic N) is 2. The van der Waals surface area contributed by atoms with Crippen molar-refractivity contribution < 1.29 is 14.0 Å². The Kier molecular flexibility index (Phi) is 6.18. The van der Waals surface area contributed by atoms with Gasteiger partial charge in [-0.25, -0.2) is 4.98 Å². The molecule has 2 amide bonds. The lowest BCUT2D eigenvalue weighted by Crippen LogP contribution is -2.33. The summed E-state index contributed by atoms with van der Waals surface area (Å²) in [5, 5.41) is 3.09.